The van der Waals surface area contributed by atoms with Crippen LogP contribution in [0.1, 0.15) is 23.5 Å². The van der Waals surface area contributed by atoms with Gasteiger partial charge in [-0.2, -0.15) is 5.26 Å². The third-order valence-electron chi connectivity index (χ3n) is 4.24. The van der Waals surface area contributed by atoms with E-state index in [9.17, 15) is 14.0 Å². The fraction of sp³-hybridized carbons (Fsp3) is 0.211. The minimum absolute atomic E-state index is 0.0226. The smallest absolute Gasteiger partial charge is 0.313 e. The number of carbonyl (C=O) groups is 2. The Morgan fingerprint density at radius 2 is 2.00 bits per heavy atom. The minimum atomic E-state index is -0.741. The Bertz CT molecular complexity index is 860. The lowest BCUT2D eigenvalue weighted by Gasteiger charge is -2.16. The highest BCUT2D eigenvalue weighted by molar-refractivity contribution is 6.39. The molecule has 1 aliphatic rings. The number of hydrogen-bond acceptors (Lipinski definition) is 3. The Morgan fingerprint density at radius 1 is 1.20 bits per heavy atom. The van der Waals surface area contributed by atoms with Crippen molar-refractivity contribution in [3.8, 4) is 6.07 Å². The Morgan fingerprint density at radius 3 is 2.76 bits per heavy atom. The van der Waals surface area contributed by atoms with Crippen LogP contribution >= 0.6 is 0 Å². The summed E-state index contributed by atoms with van der Waals surface area (Å²) in [6.45, 7) is 0.833. The number of nitrogens with one attached hydrogen (secondary N) is 1. The fourth-order valence-corrected chi connectivity index (χ4v) is 2.97. The number of hydrogen-bond donors (Lipinski definition) is 1. The zero-order valence-electron chi connectivity index (χ0n) is 13.4. The third-order valence-corrected chi connectivity index (χ3v) is 4.24. The number of rotatable bonds is 2. The second-order valence-electron chi connectivity index (χ2n) is 5.94. The van der Waals surface area contributed by atoms with Gasteiger partial charge < -0.3 is 10.2 Å². The van der Waals surface area contributed by atoms with Crippen molar-refractivity contribution in [3.63, 3.8) is 0 Å². The Kier molecular flexibility index (Phi) is 4.75. The summed E-state index contributed by atoms with van der Waals surface area (Å²) in [5.41, 5.74) is 1.63. The van der Waals surface area contributed by atoms with Crippen LogP contribution in [0, 0.1) is 17.1 Å². The standard InChI is InChI=1S/C19H16FN3O2/c20-16-5-2-4-14(10-16)15-7-8-23(12-15)19(25)18(24)22-17-6-1-3-13(9-17)11-21/h1-6,9-10,15H,7-8,12H2,(H,22,24)/t15-/m0/s1. The second-order valence-corrected chi connectivity index (χ2v) is 5.94. The van der Waals surface area contributed by atoms with Crippen molar-refractivity contribution in [1.82, 2.24) is 4.90 Å². The molecular formula is C19H16FN3O2. The first-order valence-electron chi connectivity index (χ1n) is 7.92. The van der Waals surface area contributed by atoms with Gasteiger partial charge in [0.1, 0.15) is 5.82 Å². The second kappa shape index (κ2) is 7.14. The molecule has 0 unspecified atom stereocenters. The molecule has 2 aromatic carbocycles. The van der Waals surface area contributed by atoms with Crippen LogP contribution in [-0.2, 0) is 9.59 Å². The first kappa shape index (κ1) is 16.7. The Labute approximate surface area is 144 Å². The molecule has 1 heterocycles. The van der Waals surface area contributed by atoms with Crippen molar-refractivity contribution in [1.29, 1.82) is 5.26 Å². The maximum Gasteiger partial charge on any atom is 0.313 e. The molecule has 0 bridgehead atoms. The molecule has 1 atom stereocenters. The number of amides is 2. The first-order valence-corrected chi connectivity index (χ1v) is 7.92. The van der Waals surface area contributed by atoms with Crippen LogP contribution < -0.4 is 5.32 Å². The van der Waals surface area contributed by atoms with Crippen LogP contribution in [0.5, 0.6) is 0 Å². The molecule has 2 aromatic rings. The zero-order valence-corrected chi connectivity index (χ0v) is 13.4. The van der Waals surface area contributed by atoms with Crippen molar-refractivity contribution < 1.29 is 14.0 Å². The first-order chi connectivity index (χ1) is 12.1. The molecule has 126 valence electrons. The van der Waals surface area contributed by atoms with Gasteiger partial charge in [0.05, 0.1) is 11.6 Å². The zero-order chi connectivity index (χ0) is 17.8. The number of anilines is 1. The van der Waals surface area contributed by atoms with Crippen LogP contribution in [-0.4, -0.2) is 29.8 Å². The lowest BCUT2D eigenvalue weighted by molar-refractivity contribution is -0.142. The molecule has 0 radical (unpaired) electrons. The molecule has 0 spiro atoms. The summed E-state index contributed by atoms with van der Waals surface area (Å²) >= 11 is 0. The molecule has 2 amide bonds. The van der Waals surface area contributed by atoms with E-state index in [0.717, 1.165) is 5.56 Å². The lowest BCUT2D eigenvalue weighted by atomic mass is 9.98. The van der Waals surface area contributed by atoms with Gasteiger partial charge >= 0.3 is 11.8 Å². The molecule has 25 heavy (non-hydrogen) atoms. The topological polar surface area (TPSA) is 73.2 Å². The van der Waals surface area contributed by atoms with E-state index in [1.165, 1.54) is 23.1 Å². The Hall–Kier alpha value is -3.20. The number of carbonyl (C=O) groups excluding carboxylic acids is 2. The van der Waals surface area contributed by atoms with E-state index in [2.05, 4.69) is 5.32 Å². The van der Waals surface area contributed by atoms with E-state index in [-0.39, 0.29) is 11.7 Å². The van der Waals surface area contributed by atoms with Crippen molar-refractivity contribution in [2.45, 2.75) is 12.3 Å². The monoisotopic (exact) mass is 337 g/mol. The van der Waals surface area contributed by atoms with Crippen molar-refractivity contribution in [2.24, 2.45) is 0 Å². The molecule has 5 nitrogen and oxygen atoms in total. The van der Waals surface area contributed by atoms with Crippen LogP contribution in [0.4, 0.5) is 10.1 Å². The van der Waals surface area contributed by atoms with Gasteiger partial charge in [0.15, 0.2) is 0 Å². The van der Waals surface area contributed by atoms with Crippen molar-refractivity contribution >= 4 is 17.5 Å². The van der Waals surface area contributed by atoms with E-state index in [4.69, 9.17) is 5.26 Å². The van der Waals surface area contributed by atoms with Gasteiger partial charge in [0.2, 0.25) is 0 Å². The summed E-state index contributed by atoms with van der Waals surface area (Å²) in [6, 6.07) is 14.7. The molecule has 1 N–H and O–H groups in total. The summed E-state index contributed by atoms with van der Waals surface area (Å²) in [7, 11) is 0. The van der Waals surface area contributed by atoms with Gasteiger partial charge in [-0.1, -0.05) is 18.2 Å². The summed E-state index contributed by atoms with van der Waals surface area (Å²) < 4.78 is 13.3. The van der Waals surface area contributed by atoms with Crippen LogP contribution in [0.15, 0.2) is 48.5 Å². The number of likely N-dealkylation sites (tertiary alicyclic amines) is 1. The summed E-state index contributed by atoms with van der Waals surface area (Å²) in [5.74, 6) is -1.65. The molecule has 1 aliphatic heterocycles. The fourth-order valence-electron chi connectivity index (χ4n) is 2.97. The van der Waals surface area contributed by atoms with Crippen LogP contribution in [0.2, 0.25) is 0 Å². The van der Waals surface area contributed by atoms with Gasteiger partial charge in [-0.05, 0) is 42.3 Å². The maximum absolute atomic E-state index is 13.3. The molecule has 6 heteroatoms. The normalized spacial score (nSPS) is 16.3. The summed E-state index contributed by atoms with van der Waals surface area (Å²) in [4.78, 5) is 25.9. The molecule has 0 saturated carbocycles. The lowest BCUT2D eigenvalue weighted by Crippen LogP contribution is -2.38. The maximum atomic E-state index is 13.3. The SMILES string of the molecule is N#Cc1cccc(NC(=O)C(=O)N2CC[C@H](c3cccc(F)c3)C2)c1. The van der Waals surface area contributed by atoms with Crippen LogP contribution in [0.25, 0.3) is 0 Å². The minimum Gasteiger partial charge on any atom is -0.334 e. The van der Waals surface area contributed by atoms with Crippen molar-refractivity contribution in [2.75, 3.05) is 18.4 Å². The predicted octanol–water partition coefficient (Wildman–Crippen LogP) is 2.65. The molecule has 0 aliphatic carbocycles. The van der Waals surface area contributed by atoms with Gasteiger partial charge in [-0.3, -0.25) is 9.59 Å². The highest BCUT2D eigenvalue weighted by atomic mass is 19.1. The summed E-state index contributed by atoms with van der Waals surface area (Å²) in [5, 5.41) is 11.4. The van der Waals surface area contributed by atoms with Gasteiger partial charge in [0, 0.05) is 24.7 Å². The molecule has 3 rings (SSSR count). The van der Waals surface area contributed by atoms with E-state index >= 15 is 0 Å². The van der Waals surface area contributed by atoms with E-state index < -0.39 is 11.8 Å². The highest BCUT2D eigenvalue weighted by Gasteiger charge is 2.31. The quantitative estimate of drug-likeness (QED) is 0.856. The average Bonchev–Trinajstić information content (AvgIpc) is 3.11. The van der Waals surface area contributed by atoms with Gasteiger partial charge in [0.25, 0.3) is 0 Å². The number of nitrogens with zero attached hydrogens (tertiary/aromatic N) is 2. The molecule has 0 aromatic heterocycles. The number of benzene rings is 2. The largest absolute Gasteiger partial charge is 0.334 e. The number of halogens is 1. The van der Waals surface area contributed by atoms with Crippen molar-refractivity contribution in [3.05, 3.63) is 65.5 Å². The summed E-state index contributed by atoms with van der Waals surface area (Å²) in [6.07, 6.45) is 0.687. The van der Waals surface area contributed by atoms with Gasteiger partial charge in [-0.25, -0.2) is 4.39 Å². The highest BCUT2D eigenvalue weighted by Crippen LogP contribution is 2.27. The predicted molar refractivity (Wildman–Crippen MR) is 90.1 cm³/mol. The van der Waals surface area contributed by atoms with Crippen LogP contribution in [0.3, 0.4) is 0 Å². The molecule has 1 saturated heterocycles. The average molecular weight is 337 g/mol. The molecular weight excluding hydrogens is 321 g/mol. The molecule has 1 fully saturated rings. The third kappa shape index (κ3) is 3.83. The van der Waals surface area contributed by atoms with E-state index in [0.29, 0.717) is 30.8 Å². The van der Waals surface area contributed by atoms with E-state index in [1.807, 2.05) is 12.1 Å². The van der Waals surface area contributed by atoms with Gasteiger partial charge in [-0.15, -0.1) is 0 Å². The van der Waals surface area contributed by atoms with E-state index in [1.54, 1.807) is 24.3 Å². The number of nitriles is 1. The Balaban J connectivity index is 1.63.